The number of ether oxygens (including phenoxy) is 1. The van der Waals surface area contributed by atoms with E-state index in [1.54, 1.807) is 36.1 Å². The first-order valence-corrected chi connectivity index (χ1v) is 11.1. The van der Waals surface area contributed by atoms with Crippen molar-refractivity contribution in [1.82, 2.24) is 35.0 Å². The quantitative estimate of drug-likeness (QED) is 0.440. The Bertz CT molecular complexity index is 1320. The Morgan fingerprint density at radius 2 is 1.91 bits per heavy atom. The van der Waals surface area contributed by atoms with Crippen LogP contribution in [0, 0.1) is 6.92 Å². The van der Waals surface area contributed by atoms with Crippen molar-refractivity contribution in [3.8, 4) is 22.8 Å². The van der Waals surface area contributed by atoms with E-state index in [-0.39, 0.29) is 17.9 Å². The molecular formula is C24H28N8O2. The fraction of sp³-hybridized carbons (Fsp3) is 0.333. The van der Waals surface area contributed by atoms with Crippen LogP contribution in [-0.2, 0) is 0 Å². The Labute approximate surface area is 198 Å². The standard InChI is InChI=1S/C24H28N8O2/c1-14(2)23-27-29-30-32(23)22-9-7-8-21(25-22)26-24(33)18-13-17(16(5)12-20(18)34-6)19-10-11-31(28-19)15(3)4/h7-15H,1-6H3,(H,25,26,33). The Balaban J connectivity index is 1.66. The molecule has 0 radical (unpaired) electrons. The molecule has 4 aromatic rings. The summed E-state index contributed by atoms with van der Waals surface area (Å²) in [7, 11) is 1.54. The van der Waals surface area contributed by atoms with Crippen LogP contribution in [-0.4, -0.2) is 48.0 Å². The maximum Gasteiger partial charge on any atom is 0.260 e. The van der Waals surface area contributed by atoms with Crippen LogP contribution in [0.1, 0.15) is 61.4 Å². The van der Waals surface area contributed by atoms with Crippen molar-refractivity contribution >= 4 is 11.7 Å². The second kappa shape index (κ2) is 9.42. The van der Waals surface area contributed by atoms with Gasteiger partial charge in [0, 0.05) is 23.7 Å². The molecule has 1 aromatic carbocycles. The number of tetrazole rings is 1. The van der Waals surface area contributed by atoms with E-state index in [0.717, 1.165) is 16.8 Å². The molecule has 0 unspecified atom stereocenters. The summed E-state index contributed by atoms with van der Waals surface area (Å²) in [6.45, 7) is 10.1. The van der Waals surface area contributed by atoms with Crippen LogP contribution in [0.4, 0.5) is 5.82 Å². The summed E-state index contributed by atoms with van der Waals surface area (Å²) in [5.74, 6) is 1.82. The number of hydrogen-bond donors (Lipinski definition) is 1. The Hall–Kier alpha value is -4.08. The number of nitrogens with zero attached hydrogens (tertiary/aromatic N) is 7. The van der Waals surface area contributed by atoms with Crippen molar-refractivity contribution < 1.29 is 9.53 Å². The zero-order valence-electron chi connectivity index (χ0n) is 20.1. The first-order chi connectivity index (χ1) is 16.3. The molecule has 4 rings (SSSR count). The minimum atomic E-state index is -0.341. The van der Waals surface area contributed by atoms with E-state index >= 15 is 0 Å². The lowest BCUT2D eigenvalue weighted by atomic mass is 10.0. The van der Waals surface area contributed by atoms with Crippen molar-refractivity contribution in [3.05, 3.63) is 59.5 Å². The molecule has 3 aromatic heterocycles. The zero-order valence-corrected chi connectivity index (χ0v) is 20.1. The third-order valence-electron chi connectivity index (χ3n) is 5.41. The first kappa shape index (κ1) is 23.1. The zero-order chi connectivity index (χ0) is 24.4. The molecule has 1 amide bonds. The SMILES string of the molecule is COc1cc(C)c(-c2ccn(C(C)C)n2)cc1C(=O)Nc1cccc(-n2nnnc2C(C)C)n1. The van der Waals surface area contributed by atoms with Gasteiger partial charge >= 0.3 is 0 Å². The molecule has 0 spiro atoms. The first-order valence-electron chi connectivity index (χ1n) is 11.1. The van der Waals surface area contributed by atoms with Crippen molar-refractivity contribution in [2.45, 2.75) is 46.6 Å². The molecule has 10 nitrogen and oxygen atoms in total. The second-order valence-electron chi connectivity index (χ2n) is 8.58. The van der Waals surface area contributed by atoms with Gasteiger partial charge in [0.15, 0.2) is 11.6 Å². The Kier molecular flexibility index (Phi) is 6.40. The molecule has 0 aliphatic heterocycles. The van der Waals surface area contributed by atoms with Crippen LogP contribution in [0.5, 0.6) is 5.75 Å². The number of anilines is 1. The van der Waals surface area contributed by atoms with Crippen molar-refractivity contribution in [1.29, 1.82) is 0 Å². The van der Waals surface area contributed by atoms with Gasteiger partial charge in [0.2, 0.25) is 0 Å². The molecule has 34 heavy (non-hydrogen) atoms. The van der Waals surface area contributed by atoms with Gasteiger partial charge in [-0.2, -0.15) is 9.78 Å². The lowest BCUT2D eigenvalue weighted by Crippen LogP contribution is -2.16. The highest BCUT2D eigenvalue weighted by atomic mass is 16.5. The molecule has 0 saturated heterocycles. The summed E-state index contributed by atoms with van der Waals surface area (Å²) in [6.07, 6.45) is 1.93. The van der Waals surface area contributed by atoms with Crippen LogP contribution in [0.2, 0.25) is 0 Å². The monoisotopic (exact) mass is 460 g/mol. The number of pyridine rings is 1. The molecule has 1 N–H and O–H groups in total. The summed E-state index contributed by atoms with van der Waals surface area (Å²) in [4.78, 5) is 17.8. The Morgan fingerprint density at radius 1 is 1.12 bits per heavy atom. The van der Waals surface area contributed by atoms with Crippen molar-refractivity contribution in [2.75, 3.05) is 12.4 Å². The second-order valence-corrected chi connectivity index (χ2v) is 8.58. The summed E-state index contributed by atoms with van der Waals surface area (Å²) in [5, 5.41) is 19.4. The third-order valence-corrected chi connectivity index (χ3v) is 5.41. The van der Waals surface area contributed by atoms with Gasteiger partial charge in [-0.15, -0.1) is 5.10 Å². The molecular weight excluding hydrogens is 432 g/mol. The van der Waals surface area contributed by atoms with E-state index in [4.69, 9.17) is 4.74 Å². The smallest absolute Gasteiger partial charge is 0.260 e. The molecule has 0 saturated carbocycles. The van der Waals surface area contributed by atoms with Gasteiger partial charge in [0.1, 0.15) is 11.6 Å². The number of amides is 1. The van der Waals surface area contributed by atoms with E-state index in [1.807, 2.05) is 43.8 Å². The molecule has 0 bridgehead atoms. The van der Waals surface area contributed by atoms with Crippen LogP contribution >= 0.6 is 0 Å². The van der Waals surface area contributed by atoms with Crippen molar-refractivity contribution in [3.63, 3.8) is 0 Å². The lowest BCUT2D eigenvalue weighted by molar-refractivity contribution is 0.102. The van der Waals surface area contributed by atoms with E-state index < -0.39 is 0 Å². The molecule has 176 valence electrons. The Morgan fingerprint density at radius 3 is 2.59 bits per heavy atom. The number of aryl methyl sites for hydroxylation is 1. The normalized spacial score (nSPS) is 11.3. The summed E-state index contributed by atoms with van der Waals surface area (Å²) in [6, 6.07) is 11.1. The maximum atomic E-state index is 13.3. The van der Waals surface area contributed by atoms with Crippen LogP contribution in [0.3, 0.4) is 0 Å². The lowest BCUT2D eigenvalue weighted by Gasteiger charge is -2.13. The van der Waals surface area contributed by atoms with Gasteiger partial charge in [-0.25, -0.2) is 4.98 Å². The van der Waals surface area contributed by atoms with E-state index in [9.17, 15) is 4.79 Å². The van der Waals surface area contributed by atoms with E-state index in [0.29, 0.717) is 28.8 Å². The number of carbonyl (C=O) groups excluding carboxylic acids is 1. The predicted molar refractivity (Wildman–Crippen MR) is 128 cm³/mol. The highest BCUT2D eigenvalue weighted by Gasteiger charge is 2.19. The van der Waals surface area contributed by atoms with Gasteiger partial charge < -0.3 is 10.1 Å². The number of hydrogen-bond acceptors (Lipinski definition) is 7. The van der Waals surface area contributed by atoms with Gasteiger partial charge in [0.25, 0.3) is 5.91 Å². The number of carbonyl (C=O) groups is 1. The minimum Gasteiger partial charge on any atom is -0.496 e. The van der Waals surface area contributed by atoms with Crippen LogP contribution in [0.25, 0.3) is 17.1 Å². The summed E-state index contributed by atoms with van der Waals surface area (Å²) < 4.78 is 8.96. The van der Waals surface area contributed by atoms with E-state index in [2.05, 4.69) is 44.8 Å². The largest absolute Gasteiger partial charge is 0.496 e. The maximum absolute atomic E-state index is 13.3. The van der Waals surface area contributed by atoms with Crippen LogP contribution < -0.4 is 10.1 Å². The number of rotatable bonds is 7. The number of methoxy groups -OCH3 is 1. The highest BCUT2D eigenvalue weighted by Crippen LogP contribution is 2.30. The van der Waals surface area contributed by atoms with Gasteiger partial charge in [-0.05, 0) is 67.1 Å². The molecule has 0 atom stereocenters. The minimum absolute atomic E-state index is 0.115. The summed E-state index contributed by atoms with van der Waals surface area (Å²) >= 11 is 0. The molecule has 3 heterocycles. The molecule has 0 aliphatic rings. The third kappa shape index (κ3) is 4.52. The molecule has 0 aliphatic carbocycles. The number of aromatic nitrogens is 7. The van der Waals surface area contributed by atoms with Gasteiger partial charge in [-0.3, -0.25) is 9.48 Å². The van der Waals surface area contributed by atoms with Gasteiger partial charge in [0.05, 0.1) is 18.4 Å². The van der Waals surface area contributed by atoms with Crippen LogP contribution in [0.15, 0.2) is 42.6 Å². The predicted octanol–water partition coefficient (Wildman–Crippen LogP) is 4.19. The van der Waals surface area contributed by atoms with Crippen molar-refractivity contribution in [2.24, 2.45) is 0 Å². The number of nitrogens with one attached hydrogen (secondary N) is 1. The fourth-order valence-electron chi connectivity index (χ4n) is 3.58. The average Bonchev–Trinajstić information content (AvgIpc) is 3.49. The molecule has 0 fully saturated rings. The molecule has 10 heteroatoms. The fourth-order valence-corrected chi connectivity index (χ4v) is 3.58. The number of benzene rings is 1. The average molecular weight is 461 g/mol. The topological polar surface area (TPSA) is 113 Å². The van der Waals surface area contributed by atoms with E-state index in [1.165, 1.54) is 0 Å². The highest BCUT2D eigenvalue weighted by molar-refractivity contribution is 6.06. The van der Waals surface area contributed by atoms with Gasteiger partial charge in [-0.1, -0.05) is 19.9 Å². The summed E-state index contributed by atoms with van der Waals surface area (Å²) in [5.41, 5.74) is 3.01.